The van der Waals surface area contributed by atoms with Crippen molar-refractivity contribution in [1.29, 1.82) is 0 Å². The Morgan fingerprint density at radius 3 is 2.71 bits per heavy atom. The van der Waals surface area contributed by atoms with Gasteiger partial charge in [-0.2, -0.15) is 0 Å². The van der Waals surface area contributed by atoms with Crippen molar-refractivity contribution < 1.29 is 4.74 Å². The van der Waals surface area contributed by atoms with Crippen molar-refractivity contribution >= 4 is 0 Å². The van der Waals surface area contributed by atoms with Gasteiger partial charge in [0.2, 0.25) is 5.88 Å². The average molecular weight is 194 g/mol. The molecule has 1 heterocycles. The lowest BCUT2D eigenvalue weighted by Gasteiger charge is -2.09. The van der Waals surface area contributed by atoms with Gasteiger partial charge in [0.15, 0.2) is 0 Å². The zero-order valence-electron chi connectivity index (χ0n) is 9.16. The SMILES string of the molecule is Cc1ccc(OCCCN(C)C)nc1. The molecule has 14 heavy (non-hydrogen) atoms. The van der Waals surface area contributed by atoms with Gasteiger partial charge in [0.25, 0.3) is 0 Å². The minimum Gasteiger partial charge on any atom is -0.478 e. The van der Waals surface area contributed by atoms with Crippen molar-refractivity contribution in [3.63, 3.8) is 0 Å². The van der Waals surface area contributed by atoms with Gasteiger partial charge >= 0.3 is 0 Å². The van der Waals surface area contributed by atoms with Gasteiger partial charge in [-0.05, 0) is 33.0 Å². The van der Waals surface area contributed by atoms with Crippen molar-refractivity contribution in [1.82, 2.24) is 9.88 Å². The van der Waals surface area contributed by atoms with Crippen molar-refractivity contribution in [2.75, 3.05) is 27.2 Å². The maximum absolute atomic E-state index is 5.47. The van der Waals surface area contributed by atoms with E-state index in [1.165, 1.54) is 0 Å². The number of rotatable bonds is 5. The van der Waals surface area contributed by atoms with Crippen LogP contribution in [0.4, 0.5) is 0 Å². The normalized spacial score (nSPS) is 10.6. The van der Waals surface area contributed by atoms with Gasteiger partial charge in [-0.25, -0.2) is 4.98 Å². The van der Waals surface area contributed by atoms with Gasteiger partial charge in [0.1, 0.15) is 0 Å². The molecule has 0 fully saturated rings. The van der Waals surface area contributed by atoms with Crippen LogP contribution >= 0.6 is 0 Å². The van der Waals surface area contributed by atoms with E-state index in [4.69, 9.17) is 4.74 Å². The summed E-state index contributed by atoms with van der Waals surface area (Å²) in [6, 6.07) is 3.92. The first-order valence-electron chi connectivity index (χ1n) is 4.88. The van der Waals surface area contributed by atoms with Gasteiger partial charge in [0, 0.05) is 18.8 Å². The summed E-state index contributed by atoms with van der Waals surface area (Å²) < 4.78 is 5.47. The van der Waals surface area contributed by atoms with Gasteiger partial charge in [-0.3, -0.25) is 0 Å². The van der Waals surface area contributed by atoms with Crippen LogP contribution in [0, 0.1) is 6.92 Å². The van der Waals surface area contributed by atoms with E-state index in [0.717, 1.165) is 25.1 Å². The second-order valence-electron chi connectivity index (χ2n) is 3.68. The fourth-order valence-corrected chi connectivity index (χ4v) is 1.10. The number of ether oxygens (including phenoxy) is 1. The molecule has 1 rings (SSSR count). The topological polar surface area (TPSA) is 25.4 Å². The van der Waals surface area contributed by atoms with E-state index in [1.54, 1.807) is 0 Å². The highest BCUT2D eigenvalue weighted by Crippen LogP contribution is 2.06. The van der Waals surface area contributed by atoms with E-state index in [0.29, 0.717) is 5.88 Å². The lowest BCUT2D eigenvalue weighted by Crippen LogP contribution is -2.15. The summed E-state index contributed by atoms with van der Waals surface area (Å²) in [6.45, 7) is 3.79. The number of hydrogen-bond acceptors (Lipinski definition) is 3. The van der Waals surface area contributed by atoms with Gasteiger partial charge in [-0.15, -0.1) is 0 Å². The van der Waals surface area contributed by atoms with Crippen molar-refractivity contribution in [3.8, 4) is 5.88 Å². The number of hydrogen-bond donors (Lipinski definition) is 0. The summed E-state index contributed by atoms with van der Waals surface area (Å²) in [5, 5.41) is 0. The van der Waals surface area contributed by atoms with E-state index in [1.807, 2.05) is 25.3 Å². The van der Waals surface area contributed by atoms with Crippen LogP contribution in [0.1, 0.15) is 12.0 Å². The molecule has 3 heteroatoms. The molecule has 1 aromatic rings. The molecule has 0 unspecified atom stereocenters. The molecule has 0 radical (unpaired) electrons. The first-order chi connectivity index (χ1) is 6.68. The maximum atomic E-state index is 5.47. The summed E-state index contributed by atoms with van der Waals surface area (Å²) in [7, 11) is 4.12. The molecule has 3 nitrogen and oxygen atoms in total. The predicted octanol–water partition coefficient (Wildman–Crippen LogP) is 1.72. The lowest BCUT2D eigenvalue weighted by atomic mass is 10.3. The minimum absolute atomic E-state index is 0.717. The fourth-order valence-electron chi connectivity index (χ4n) is 1.10. The maximum Gasteiger partial charge on any atom is 0.213 e. The molecule has 0 N–H and O–H groups in total. The summed E-state index contributed by atoms with van der Waals surface area (Å²) in [6.07, 6.45) is 2.85. The minimum atomic E-state index is 0.717. The Morgan fingerprint density at radius 2 is 2.14 bits per heavy atom. The Hall–Kier alpha value is -1.09. The summed E-state index contributed by atoms with van der Waals surface area (Å²) in [5.74, 6) is 0.717. The molecule has 78 valence electrons. The quantitative estimate of drug-likeness (QED) is 0.667. The van der Waals surface area contributed by atoms with Crippen LogP contribution in [0.5, 0.6) is 5.88 Å². The van der Waals surface area contributed by atoms with Crippen molar-refractivity contribution in [2.45, 2.75) is 13.3 Å². The van der Waals surface area contributed by atoms with E-state index in [-0.39, 0.29) is 0 Å². The third-order valence-electron chi connectivity index (χ3n) is 1.88. The van der Waals surface area contributed by atoms with Crippen LogP contribution in [-0.4, -0.2) is 37.1 Å². The van der Waals surface area contributed by atoms with Crippen LogP contribution in [0.3, 0.4) is 0 Å². The molecular weight excluding hydrogens is 176 g/mol. The summed E-state index contributed by atoms with van der Waals surface area (Å²) in [4.78, 5) is 6.30. The molecule has 0 amide bonds. The second-order valence-corrected chi connectivity index (χ2v) is 3.68. The molecule has 0 saturated heterocycles. The van der Waals surface area contributed by atoms with E-state index < -0.39 is 0 Å². The first kappa shape index (κ1) is 11.0. The van der Waals surface area contributed by atoms with E-state index >= 15 is 0 Å². The molecule has 0 spiro atoms. The van der Waals surface area contributed by atoms with E-state index in [9.17, 15) is 0 Å². The van der Waals surface area contributed by atoms with E-state index in [2.05, 4.69) is 24.0 Å². The Labute approximate surface area is 85.7 Å². The summed E-state index contributed by atoms with van der Waals surface area (Å²) >= 11 is 0. The Morgan fingerprint density at radius 1 is 1.36 bits per heavy atom. The average Bonchev–Trinajstić information content (AvgIpc) is 2.15. The molecule has 0 aliphatic heterocycles. The van der Waals surface area contributed by atoms with Crippen LogP contribution in [0.25, 0.3) is 0 Å². The van der Waals surface area contributed by atoms with Gasteiger partial charge in [0.05, 0.1) is 6.61 Å². The molecule has 0 aliphatic rings. The highest BCUT2D eigenvalue weighted by Gasteiger charge is 1.95. The molecule has 0 aliphatic carbocycles. The third-order valence-corrected chi connectivity index (χ3v) is 1.88. The molecular formula is C11H18N2O. The van der Waals surface area contributed by atoms with Crippen LogP contribution in [0.15, 0.2) is 18.3 Å². The Kier molecular flexibility index (Phi) is 4.40. The van der Waals surface area contributed by atoms with Crippen LogP contribution in [-0.2, 0) is 0 Å². The number of nitrogens with zero attached hydrogens (tertiary/aromatic N) is 2. The lowest BCUT2D eigenvalue weighted by molar-refractivity contribution is 0.273. The Balaban J connectivity index is 2.21. The monoisotopic (exact) mass is 194 g/mol. The third kappa shape index (κ3) is 4.23. The molecule has 0 aromatic carbocycles. The van der Waals surface area contributed by atoms with Crippen LogP contribution < -0.4 is 4.74 Å². The fraction of sp³-hybridized carbons (Fsp3) is 0.545. The standard InChI is InChI=1S/C11H18N2O/c1-10-5-6-11(12-9-10)14-8-4-7-13(2)3/h5-6,9H,4,7-8H2,1-3H3. The van der Waals surface area contributed by atoms with Gasteiger partial charge < -0.3 is 9.64 Å². The predicted molar refractivity (Wildman–Crippen MR) is 57.6 cm³/mol. The van der Waals surface area contributed by atoms with Crippen molar-refractivity contribution in [2.24, 2.45) is 0 Å². The number of aromatic nitrogens is 1. The number of aryl methyl sites for hydroxylation is 1. The first-order valence-corrected chi connectivity index (χ1v) is 4.88. The van der Waals surface area contributed by atoms with Crippen molar-refractivity contribution in [3.05, 3.63) is 23.9 Å². The highest BCUT2D eigenvalue weighted by atomic mass is 16.5. The smallest absolute Gasteiger partial charge is 0.213 e. The largest absolute Gasteiger partial charge is 0.478 e. The molecule has 0 saturated carbocycles. The highest BCUT2D eigenvalue weighted by molar-refractivity contribution is 5.16. The molecule has 0 atom stereocenters. The van der Waals surface area contributed by atoms with Crippen LogP contribution in [0.2, 0.25) is 0 Å². The molecule has 0 bridgehead atoms. The second kappa shape index (κ2) is 5.60. The summed E-state index contributed by atoms with van der Waals surface area (Å²) in [5.41, 5.74) is 1.16. The molecule has 1 aromatic heterocycles. The zero-order chi connectivity index (χ0) is 10.4. The number of pyridine rings is 1. The zero-order valence-corrected chi connectivity index (χ0v) is 9.16. The van der Waals surface area contributed by atoms with Gasteiger partial charge in [-0.1, -0.05) is 6.07 Å². The Bertz CT molecular complexity index is 256.